The summed E-state index contributed by atoms with van der Waals surface area (Å²) in [5.41, 5.74) is 0. The van der Waals surface area contributed by atoms with Crippen LogP contribution in [0.5, 0.6) is 0 Å². The van der Waals surface area contributed by atoms with E-state index in [1.165, 1.54) is 35.7 Å². The Morgan fingerprint density at radius 2 is 1.25 bits per heavy atom. The van der Waals surface area contributed by atoms with Gasteiger partial charge in [-0.15, -0.1) is 0 Å². The summed E-state index contributed by atoms with van der Waals surface area (Å²) in [6, 6.07) is 0. The van der Waals surface area contributed by atoms with Gasteiger partial charge in [0.15, 0.2) is 11.6 Å². The van der Waals surface area contributed by atoms with Crippen molar-refractivity contribution in [3.05, 3.63) is 41.3 Å². The van der Waals surface area contributed by atoms with Gasteiger partial charge in [-0.25, -0.2) is 0 Å². The predicted molar refractivity (Wildman–Crippen MR) is 72.7 cm³/mol. The minimum atomic E-state index is -0.0522. The van der Waals surface area contributed by atoms with Crippen LogP contribution in [0.15, 0.2) is 41.3 Å². The van der Waals surface area contributed by atoms with E-state index in [1.807, 2.05) is 10.8 Å². The SMILES string of the molecule is O=C1C=CC(=O)C2=C1SC(=C1SC=CS1)S2. The Morgan fingerprint density at radius 3 is 1.75 bits per heavy atom. The first kappa shape index (κ1) is 10.8. The number of thioether (sulfide) groups is 4. The zero-order chi connectivity index (χ0) is 11.1. The second-order valence-corrected chi connectivity index (χ2v) is 7.40. The molecule has 16 heavy (non-hydrogen) atoms. The molecule has 6 heteroatoms. The molecular formula is C10H4O2S4. The third kappa shape index (κ3) is 1.73. The van der Waals surface area contributed by atoms with E-state index in [0.29, 0.717) is 9.81 Å². The molecule has 80 valence electrons. The normalized spacial score (nSPS) is 23.8. The van der Waals surface area contributed by atoms with E-state index >= 15 is 0 Å². The van der Waals surface area contributed by atoms with Crippen LogP contribution in [0.2, 0.25) is 0 Å². The number of carbonyl (C=O) groups is 2. The topological polar surface area (TPSA) is 34.1 Å². The van der Waals surface area contributed by atoms with E-state index in [-0.39, 0.29) is 11.6 Å². The highest BCUT2D eigenvalue weighted by Crippen LogP contribution is 2.57. The van der Waals surface area contributed by atoms with Gasteiger partial charge in [0.25, 0.3) is 0 Å². The Morgan fingerprint density at radius 1 is 0.750 bits per heavy atom. The predicted octanol–water partition coefficient (Wildman–Crippen LogP) is 3.46. The van der Waals surface area contributed by atoms with E-state index in [0.717, 1.165) is 8.47 Å². The molecule has 0 fully saturated rings. The van der Waals surface area contributed by atoms with Crippen molar-refractivity contribution in [1.29, 1.82) is 0 Å². The standard InChI is InChI=1S/C10H4O2S4/c11-5-1-2-6(12)8-7(5)15-10(16-8)9-13-3-4-14-9/h1-4H. The lowest BCUT2D eigenvalue weighted by Crippen LogP contribution is -2.07. The van der Waals surface area contributed by atoms with Gasteiger partial charge in [-0.1, -0.05) is 47.0 Å². The molecular weight excluding hydrogens is 280 g/mol. The van der Waals surface area contributed by atoms with Crippen molar-refractivity contribution >= 4 is 58.6 Å². The molecule has 0 unspecified atom stereocenters. The van der Waals surface area contributed by atoms with Crippen LogP contribution in [0.25, 0.3) is 0 Å². The lowest BCUT2D eigenvalue weighted by atomic mass is 10.2. The summed E-state index contributed by atoms with van der Waals surface area (Å²) in [5, 5.41) is 4.01. The molecule has 0 saturated heterocycles. The molecule has 1 aliphatic carbocycles. The Bertz CT molecular complexity index is 483. The summed E-state index contributed by atoms with van der Waals surface area (Å²) in [6.07, 6.45) is 2.71. The monoisotopic (exact) mass is 284 g/mol. The molecule has 0 radical (unpaired) electrons. The number of rotatable bonds is 0. The summed E-state index contributed by atoms with van der Waals surface area (Å²) in [4.78, 5) is 24.4. The molecule has 0 aromatic rings. The summed E-state index contributed by atoms with van der Waals surface area (Å²) in [5.74, 6) is -0.104. The van der Waals surface area contributed by atoms with E-state index in [4.69, 9.17) is 0 Å². The molecule has 0 saturated carbocycles. The maximum absolute atomic E-state index is 11.6. The highest BCUT2D eigenvalue weighted by Gasteiger charge is 2.33. The molecule has 3 rings (SSSR count). The molecule has 3 aliphatic rings. The second-order valence-electron chi connectivity index (χ2n) is 3.01. The van der Waals surface area contributed by atoms with Gasteiger partial charge in [-0.2, -0.15) is 0 Å². The quantitative estimate of drug-likeness (QED) is 0.634. The lowest BCUT2D eigenvalue weighted by molar-refractivity contribution is -0.114. The zero-order valence-electron chi connectivity index (χ0n) is 7.76. The average molecular weight is 284 g/mol. The summed E-state index contributed by atoms with van der Waals surface area (Å²) in [6.45, 7) is 0. The van der Waals surface area contributed by atoms with Crippen LogP contribution in [-0.2, 0) is 9.59 Å². The van der Waals surface area contributed by atoms with Gasteiger partial charge in [-0.3, -0.25) is 9.59 Å². The van der Waals surface area contributed by atoms with Gasteiger partial charge >= 0.3 is 0 Å². The Labute approximate surface area is 109 Å². The van der Waals surface area contributed by atoms with Gasteiger partial charge in [0.1, 0.15) is 0 Å². The minimum Gasteiger partial charge on any atom is -0.289 e. The van der Waals surface area contributed by atoms with E-state index in [2.05, 4.69) is 0 Å². The Balaban J connectivity index is 1.94. The molecule has 0 N–H and O–H groups in total. The van der Waals surface area contributed by atoms with Crippen molar-refractivity contribution in [2.75, 3.05) is 0 Å². The third-order valence-corrected chi connectivity index (χ3v) is 7.28. The summed E-state index contributed by atoms with van der Waals surface area (Å²) >= 11 is 6.12. The summed E-state index contributed by atoms with van der Waals surface area (Å²) in [7, 11) is 0. The van der Waals surface area contributed by atoms with Gasteiger partial charge in [0.05, 0.1) is 18.3 Å². The number of hydrogen-bond acceptors (Lipinski definition) is 6. The first-order valence-corrected chi connectivity index (χ1v) is 7.74. The van der Waals surface area contributed by atoms with Crippen LogP contribution in [0.4, 0.5) is 0 Å². The largest absolute Gasteiger partial charge is 0.289 e. The first-order chi connectivity index (χ1) is 7.75. The van der Waals surface area contributed by atoms with E-state index in [9.17, 15) is 9.59 Å². The minimum absolute atomic E-state index is 0.0522. The molecule has 0 spiro atoms. The van der Waals surface area contributed by atoms with Gasteiger partial charge in [-0.05, 0) is 23.0 Å². The van der Waals surface area contributed by atoms with Crippen LogP contribution in [-0.4, -0.2) is 11.6 Å². The first-order valence-electron chi connectivity index (χ1n) is 4.35. The van der Waals surface area contributed by atoms with Gasteiger partial charge in [0, 0.05) is 0 Å². The Kier molecular flexibility index (Phi) is 2.83. The van der Waals surface area contributed by atoms with Crippen LogP contribution in [0, 0.1) is 0 Å². The number of hydrogen-bond donors (Lipinski definition) is 0. The smallest absolute Gasteiger partial charge is 0.193 e. The molecule has 2 aliphatic heterocycles. The molecule has 2 heterocycles. The number of allylic oxidation sites excluding steroid dienone is 4. The van der Waals surface area contributed by atoms with Crippen molar-refractivity contribution in [3.8, 4) is 0 Å². The van der Waals surface area contributed by atoms with Gasteiger partial charge < -0.3 is 0 Å². The maximum atomic E-state index is 11.6. The van der Waals surface area contributed by atoms with E-state index in [1.54, 1.807) is 23.5 Å². The fourth-order valence-electron chi connectivity index (χ4n) is 1.31. The highest BCUT2D eigenvalue weighted by molar-refractivity contribution is 8.34. The highest BCUT2D eigenvalue weighted by atomic mass is 32.2. The van der Waals surface area contributed by atoms with Crippen LogP contribution < -0.4 is 0 Å². The third-order valence-electron chi connectivity index (χ3n) is 2.00. The number of carbonyl (C=O) groups excluding carboxylic acids is 2. The average Bonchev–Trinajstić information content (AvgIpc) is 2.90. The van der Waals surface area contributed by atoms with Crippen molar-refractivity contribution in [3.63, 3.8) is 0 Å². The fraction of sp³-hybridized carbons (Fsp3) is 0. The van der Waals surface area contributed by atoms with Crippen molar-refractivity contribution in [2.24, 2.45) is 0 Å². The molecule has 0 atom stereocenters. The zero-order valence-corrected chi connectivity index (χ0v) is 11.0. The number of ketones is 2. The van der Waals surface area contributed by atoms with Crippen molar-refractivity contribution in [1.82, 2.24) is 0 Å². The molecule has 0 aromatic heterocycles. The van der Waals surface area contributed by atoms with Crippen molar-refractivity contribution < 1.29 is 9.59 Å². The van der Waals surface area contributed by atoms with Gasteiger partial charge in [0.2, 0.25) is 0 Å². The Hall–Kier alpha value is -0.300. The molecule has 0 bridgehead atoms. The summed E-state index contributed by atoms with van der Waals surface area (Å²) < 4.78 is 2.21. The fourth-order valence-corrected chi connectivity index (χ4v) is 6.01. The second kappa shape index (κ2) is 4.18. The van der Waals surface area contributed by atoms with Crippen LogP contribution in [0.3, 0.4) is 0 Å². The maximum Gasteiger partial charge on any atom is 0.193 e. The van der Waals surface area contributed by atoms with Crippen LogP contribution in [0.1, 0.15) is 0 Å². The van der Waals surface area contributed by atoms with Crippen LogP contribution >= 0.6 is 47.0 Å². The van der Waals surface area contributed by atoms with Crippen molar-refractivity contribution in [2.45, 2.75) is 0 Å². The molecule has 0 aromatic carbocycles. The molecule has 0 amide bonds. The molecule has 2 nitrogen and oxygen atoms in total. The lowest BCUT2D eigenvalue weighted by Gasteiger charge is -2.01. The van der Waals surface area contributed by atoms with E-state index < -0.39 is 0 Å².